The zero-order valence-corrected chi connectivity index (χ0v) is 19.8. The average molecular weight is 458 g/mol. The van der Waals surface area contributed by atoms with Gasteiger partial charge in [-0.15, -0.1) is 0 Å². The van der Waals surface area contributed by atoms with Crippen molar-refractivity contribution in [2.24, 2.45) is 5.92 Å². The molecule has 0 aromatic heterocycles. The van der Waals surface area contributed by atoms with Gasteiger partial charge in [-0.1, -0.05) is 32.0 Å². The predicted molar refractivity (Wildman–Crippen MR) is 134 cm³/mol. The fourth-order valence-electron chi connectivity index (χ4n) is 4.64. The van der Waals surface area contributed by atoms with Crippen molar-refractivity contribution >= 4 is 29.0 Å². The molecule has 1 N–H and O–H groups in total. The molecule has 33 heavy (non-hydrogen) atoms. The Morgan fingerprint density at radius 2 is 1.79 bits per heavy atom. The number of hydrogen-bond acceptors (Lipinski definition) is 5. The van der Waals surface area contributed by atoms with Gasteiger partial charge in [0.05, 0.1) is 13.2 Å². The molecule has 1 aliphatic heterocycles. The molecule has 6 heteroatoms. The minimum Gasteiger partial charge on any atom is -0.497 e. The quantitative estimate of drug-likeness (QED) is 0.338. The number of methoxy groups -OCH3 is 1. The first-order valence-corrected chi connectivity index (χ1v) is 11.9. The molecule has 5 nitrogen and oxygen atoms in total. The summed E-state index contributed by atoms with van der Waals surface area (Å²) in [6, 6.07) is 23.5. The van der Waals surface area contributed by atoms with E-state index in [9.17, 15) is 4.79 Å². The van der Waals surface area contributed by atoms with Crippen molar-refractivity contribution in [3.05, 3.63) is 83.9 Å². The molecule has 1 amide bonds. The Labute approximate surface area is 199 Å². The molecule has 1 aliphatic rings. The molecule has 168 valence electrons. The Hall–Kier alpha value is -3.43. The van der Waals surface area contributed by atoms with Crippen LogP contribution in [0.1, 0.15) is 42.2 Å². The summed E-state index contributed by atoms with van der Waals surface area (Å²) in [6.07, 6.45) is 0.841. The maximum atomic E-state index is 13.7. The third-order valence-electron chi connectivity index (χ3n) is 6.31. The number of benzene rings is 3. The van der Waals surface area contributed by atoms with Crippen LogP contribution in [0.15, 0.2) is 77.7 Å². The number of hydrogen-bond donors (Lipinski definition) is 1. The van der Waals surface area contributed by atoms with Gasteiger partial charge in [-0.25, -0.2) is 0 Å². The van der Waals surface area contributed by atoms with Gasteiger partial charge in [0, 0.05) is 33.8 Å². The van der Waals surface area contributed by atoms with E-state index in [-0.39, 0.29) is 23.9 Å². The Kier molecular flexibility index (Phi) is 6.90. The number of para-hydroxylation sites is 1. The monoisotopic (exact) mass is 457 g/mol. The summed E-state index contributed by atoms with van der Waals surface area (Å²) < 4.78 is 5.25. The van der Waals surface area contributed by atoms with Gasteiger partial charge in [0.2, 0.25) is 0 Å². The summed E-state index contributed by atoms with van der Waals surface area (Å²) in [7, 11) is 1.62. The number of ether oxygens (including phenoxy) is 1. The number of carbonyl (C=O) groups excluding carboxylic acids is 1. The van der Waals surface area contributed by atoms with Gasteiger partial charge < -0.3 is 15.0 Å². The summed E-state index contributed by atoms with van der Waals surface area (Å²) in [4.78, 5) is 16.6. The van der Waals surface area contributed by atoms with Crippen LogP contribution < -0.4 is 15.0 Å². The maximum absolute atomic E-state index is 13.7. The molecule has 0 unspecified atom stereocenters. The van der Waals surface area contributed by atoms with Gasteiger partial charge in [-0.2, -0.15) is 5.26 Å². The first kappa shape index (κ1) is 22.8. The lowest BCUT2D eigenvalue weighted by atomic mass is 9.80. The molecule has 0 radical (unpaired) electrons. The highest BCUT2D eigenvalue weighted by atomic mass is 32.2. The zero-order chi connectivity index (χ0) is 23.4. The molecule has 0 spiro atoms. The van der Waals surface area contributed by atoms with Gasteiger partial charge >= 0.3 is 0 Å². The van der Waals surface area contributed by atoms with Crippen molar-refractivity contribution in [2.75, 3.05) is 17.3 Å². The first-order valence-electron chi connectivity index (χ1n) is 11.1. The molecule has 0 bridgehead atoms. The molecule has 3 aromatic carbocycles. The molecule has 0 fully saturated rings. The lowest BCUT2D eigenvalue weighted by molar-refractivity contribution is 0.0960. The van der Waals surface area contributed by atoms with Crippen LogP contribution in [0.2, 0.25) is 0 Å². The highest BCUT2D eigenvalue weighted by molar-refractivity contribution is 8.03. The molecule has 3 aromatic rings. The van der Waals surface area contributed by atoms with Crippen LogP contribution in [0.5, 0.6) is 5.75 Å². The van der Waals surface area contributed by atoms with Crippen molar-refractivity contribution in [2.45, 2.75) is 37.2 Å². The van der Waals surface area contributed by atoms with Crippen LogP contribution in [0.3, 0.4) is 0 Å². The van der Waals surface area contributed by atoms with Gasteiger partial charge in [-0.3, -0.25) is 4.79 Å². The second-order valence-corrected chi connectivity index (χ2v) is 9.00. The molecule has 0 saturated carbocycles. The van der Waals surface area contributed by atoms with E-state index in [1.54, 1.807) is 7.11 Å². The summed E-state index contributed by atoms with van der Waals surface area (Å²) in [5, 5.41) is 14.7. The highest BCUT2D eigenvalue weighted by Crippen LogP contribution is 2.44. The molecule has 0 saturated heterocycles. The lowest BCUT2D eigenvalue weighted by Gasteiger charge is -2.45. The van der Waals surface area contributed by atoms with Crippen molar-refractivity contribution in [3.63, 3.8) is 0 Å². The van der Waals surface area contributed by atoms with Crippen molar-refractivity contribution in [1.29, 1.82) is 5.26 Å². The fourth-order valence-corrected chi connectivity index (χ4v) is 5.01. The van der Waals surface area contributed by atoms with Crippen LogP contribution in [-0.2, 0) is 0 Å². The van der Waals surface area contributed by atoms with Gasteiger partial charge in [0.15, 0.2) is 0 Å². The number of rotatable bonds is 6. The van der Waals surface area contributed by atoms with Crippen molar-refractivity contribution in [1.82, 2.24) is 0 Å². The smallest absolute Gasteiger partial charge is 0.258 e. The summed E-state index contributed by atoms with van der Waals surface area (Å²) in [5.74, 6) is 0.912. The molecular formula is C27H27N3O2S. The Morgan fingerprint density at radius 1 is 1.09 bits per heavy atom. The van der Waals surface area contributed by atoms with E-state index < -0.39 is 0 Å². The van der Waals surface area contributed by atoms with Crippen LogP contribution in [0, 0.1) is 16.6 Å². The van der Waals surface area contributed by atoms with Crippen LogP contribution in [-0.4, -0.2) is 19.1 Å². The molecule has 0 aliphatic carbocycles. The van der Waals surface area contributed by atoms with Gasteiger partial charge in [0.1, 0.15) is 11.2 Å². The number of carbonyl (C=O) groups is 1. The largest absolute Gasteiger partial charge is 0.497 e. The standard InChI is InChI=1S/C27H27N3O2S/c1-4-24-18(2)26(29-20-11-15-22(16-12-20)33-17-28)23-7-5-6-8-25(23)30(24)27(31)19-9-13-21(32-3)14-10-19/h5-16,18,24,26,29H,4H2,1-3H3/t18-,24-,26+/m1/s1. The van der Waals surface area contributed by atoms with Crippen LogP contribution in [0.4, 0.5) is 11.4 Å². The number of nitrogens with zero attached hydrogens (tertiary/aromatic N) is 2. The second kappa shape index (κ2) is 10.0. The Bertz CT molecular complexity index is 1160. The maximum Gasteiger partial charge on any atom is 0.258 e. The minimum absolute atomic E-state index is 0.000124. The normalized spacial score (nSPS) is 19.3. The minimum atomic E-state index is 0.000124. The van der Waals surface area contributed by atoms with Crippen LogP contribution >= 0.6 is 11.8 Å². The van der Waals surface area contributed by atoms with Crippen molar-refractivity contribution < 1.29 is 9.53 Å². The van der Waals surface area contributed by atoms with E-state index in [0.717, 1.165) is 45.8 Å². The fraction of sp³-hybridized carbons (Fsp3) is 0.259. The molecule has 1 heterocycles. The number of anilines is 2. The van der Waals surface area contributed by atoms with E-state index in [1.165, 1.54) is 0 Å². The number of fused-ring (bicyclic) bond motifs is 1. The highest BCUT2D eigenvalue weighted by Gasteiger charge is 2.40. The molecule has 3 atom stereocenters. The SMILES string of the molecule is CC[C@@H]1[C@@H](C)[C@H](Nc2ccc(SC#N)cc2)c2ccccc2N1C(=O)c1ccc(OC)cc1. The molecular weight excluding hydrogens is 430 g/mol. The van der Waals surface area contributed by atoms with E-state index in [2.05, 4.69) is 30.6 Å². The summed E-state index contributed by atoms with van der Waals surface area (Å²) >= 11 is 1.15. The molecule has 4 rings (SSSR count). The Morgan fingerprint density at radius 3 is 2.42 bits per heavy atom. The van der Waals surface area contributed by atoms with Gasteiger partial charge in [-0.05, 0) is 78.3 Å². The van der Waals surface area contributed by atoms with E-state index >= 15 is 0 Å². The van der Waals surface area contributed by atoms with E-state index in [4.69, 9.17) is 10.00 Å². The van der Waals surface area contributed by atoms with Crippen molar-refractivity contribution in [3.8, 4) is 11.2 Å². The van der Waals surface area contributed by atoms with E-state index in [0.29, 0.717) is 5.56 Å². The van der Waals surface area contributed by atoms with Crippen LogP contribution in [0.25, 0.3) is 0 Å². The van der Waals surface area contributed by atoms with Gasteiger partial charge in [0.25, 0.3) is 5.91 Å². The third-order valence-corrected chi connectivity index (χ3v) is 6.91. The first-order chi connectivity index (χ1) is 16.1. The summed E-state index contributed by atoms with van der Waals surface area (Å²) in [6.45, 7) is 4.34. The lowest BCUT2D eigenvalue weighted by Crippen LogP contribution is -2.50. The second-order valence-electron chi connectivity index (χ2n) is 8.14. The Balaban J connectivity index is 1.69. The average Bonchev–Trinajstić information content (AvgIpc) is 2.86. The predicted octanol–water partition coefficient (Wildman–Crippen LogP) is 6.50. The summed E-state index contributed by atoms with van der Waals surface area (Å²) in [5.41, 5.74) is 3.69. The van der Waals surface area contributed by atoms with E-state index in [1.807, 2.05) is 71.6 Å². The number of amides is 1. The third kappa shape index (κ3) is 4.55. The topological polar surface area (TPSA) is 65.4 Å². The number of thioether (sulfide) groups is 1. The zero-order valence-electron chi connectivity index (χ0n) is 19.0. The number of nitrogens with one attached hydrogen (secondary N) is 1. The number of nitriles is 1. The number of thiocyanates is 1.